The van der Waals surface area contributed by atoms with Crippen molar-refractivity contribution in [1.29, 1.82) is 0 Å². The summed E-state index contributed by atoms with van der Waals surface area (Å²) in [6.07, 6.45) is 1.79. The number of carbonyl (C=O) groups is 1. The van der Waals surface area contributed by atoms with Gasteiger partial charge in [0, 0.05) is 19.1 Å². The molecule has 1 saturated heterocycles. The Hall–Kier alpha value is -0.330. The van der Waals surface area contributed by atoms with E-state index in [1.54, 1.807) is 18.7 Å². The van der Waals surface area contributed by atoms with Crippen molar-refractivity contribution >= 4 is 28.2 Å². The standard InChI is InChI=1S/C10H20N2O3S.ClH/c1-8(2)16(14,15)7-10(13)12-5-3-4-9(12)6-11;/h8-9H,3-7,11H2,1-2H3;1H. The highest BCUT2D eigenvalue weighted by Gasteiger charge is 2.31. The highest BCUT2D eigenvalue weighted by Crippen LogP contribution is 2.17. The Balaban J connectivity index is 0.00000256. The van der Waals surface area contributed by atoms with Crippen LogP contribution in [0.2, 0.25) is 0 Å². The van der Waals surface area contributed by atoms with Crippen LogP contribution in [0.1, 0.15) is 26.7 Å². The van der Waals surface area contributed by atoms with Gasteiger partial charge in [-0.05, 0) is 26.7 Å². The second-order valence-electron chi connectivity index (χ2n) is 4.47. The molecule has 0 spiro atoms. The maximum absolute atomic E-state index is 11.8. The van der Waals surface area contributed by atoms with Gasteiger partial charge in [-0.3, -0.25) is 4.79 Å². The SMILES string of the molecule is CC(C)S(=O)(=O)CC(=O)N1CCCC1CN.Cl. The van der Waals surface area contributed by atoms with Gasteiger partial charge >= 0.3 is 0 Å². The summed E-state index contributed by atoms with van der Waals surface area (Å²) in [5.41, 5.74) is 5.54. The third-order valence-corrected chi connectivity index (χ3v) is 5.10. The minimum Gasteiger partial charge on any atom is -0.338 e. The largest absolute Gasteiger partial charge is 0.338 e. The van der Waals surface area contributed by atoms with Crippen LogP contribution in [-0.2, 0) is 14.6 Å². The maximum Gasteiger partial charge on any atom is 0.238 e. The molecule has 1 unspecified atom stereocenters. The summed E-state index contributed by atoms with van der Waals surface area (Å²) in [6.45, 7) is 4.22. The van der Waals surface area contributed by atoms with E-state index in [2.05, 4.69) is 0 Å². The van der Waals surface area contributed by atoms with Crippen molar-refractivity contribution < 1.29 is 13.2 Å². The summed E-state index contributed by atoms with van der Waals surface area (Å²) in [5, 5.41) is -0.504. The Labute approximate surface area is 109 Å². The van der Waals surface area contributed by atoms with E-state index in [1.165, 1.54) is 0 Å². The lowest BCUT2D eigenvalue weighted by Crippen LogP contribution is -2.43. The molecule has 0 aromatic carbocycles. The number of hydrogen-bond acceptors (Lipinski definition) is 4. The average molecular weight is 285 g/mol. The van der Waals surface area contributed by atoms with Crippen molar-refractivity contribution in [2.75, 3.05) is 18.8 Å². The lowest BCUT2D eigenvalue weighted by Gasteiger charge is -2.23. The predicted molar refractivity (Wildman–Crippen MR) is 70.0 cm³/mol. The van der Waals surface area contributed by atoms with Crippen molar-refractivity contribution in [1.82, 2.24) is 4.90 Å². The van der Waals surface area contributed by atoms with Crippen molar-refractivity contribution in [2.45, 2.75) is 38.0 Å². The minimum absolute atomic E-state index is 0. The summed E-state index contributed by atoms with van der Waals surface area (Å²) in [5.74, 6) is -0.692. The quantitative estimate of drug-likeness (QED) is 0.799. The number of amides is 1. The van der Waals surface area contributed by atoms with Crippen LogP contribution in [0.3, 0.4) is 0 Å². The third kappa shape index (κ3) is 4.12. The van der Waals surface area contributed by atoms with Crippen LogP contribution in [-0.4, -0.2) is 49.4 Å². The molecule has 0 radical (unpaired) electrons. The van der Waals surface area contributed by atoms with Crippen molar-refractivity contribution in [2.24, 2.45) is 5.73 Å². The molecular formula is C10H21ClN2O3S. The van der Waals surface area contributed by atoms with Gasteiger partial charge < -0.3 is 10.6 Å². The summed E-state index contributed by atoms with van der Waals surface area (Å²) >= 11 is 0. The maximum atomic E-state index is 11.8. The van der Waals surface area contributed by atoms with Crippen molar-refractivity contribution in [3.8, 4) is 0 Å². The highest BCUT2D eigenvalue weighted by molar-refractivity contribution is 7.92. The van der Waals surface area contributed by atoms with Gasteiger partial charge in [0.15, 0.2) is 9.84 Å². The number of nitrogens with zero attached hydrogens (tertiary/aromatic N) is 1. The molecule has 17 heavy (non-hydrogen) atoms. The molecule has 1 amide bonds. The Morgan fingerprint density at radius 1 is 1.47 bits per heavy atom. The van der Waals surface area contributed by atoms with E-state index < -0.39 is 15.1 Å². The minimum atomic E-state index is -3.30. The number of halogens is 1. The monoisotopic (exact) mass is 284 g/mol. The molecule has 0 bridgehead atoms. The van der Waals surface area contributed by atoms with Crippen LogP contribution in [0.15, 0.2) is 0 Å². The van der Waals surface area contributed by atoms with E-state index in [1.807, 2.05) is 0 Å². The first-order chi connectivity index (χ1) is 7.38. The number of rotatable bonds is 4. The van der Waals surface area contributed by atoms with Crippen molar-refractivity contribution in [3.63, 3.8) is 0 Å². The molecule has 102 valence electrons. The number of carbonyl (C=O) groups excluding carboxylic acids is 1. The molecule has 1 fully saturated rings. The Morgan fingerprint density at radius 3 is 2.53 bits per heavy atom. The van der Waals surface area contributed by atoms with Gasteiger partial charge in [-0.25, -0.2) is 8.42 Å². The van der Waals surface area contributed by atoms with Gasteiger partial charge in [0.2, 0.25) is 5.91 Å². The number of hydrogen-bond donors (Lipinski definition) is 1. The van der Waals surface area contributed by atoms with Gasteiger partial charge in [-0.1, -0.05) is 0 Å². The lowest BCUT2D eigenvalue weighted by atomic mass is 10.2. The Bertz CT molecular complexity index is 357. The van der Waals surface area contributed by atoms with Crippen LogP contribution in [0.5, 0.6) is 0 Å². The van der Waals surface area contributed by atoms with Gasteiger partial charge in [-0.15, -0.1) is 12.4 Å². The smallest absolute Gasteiger partial charge is 0.238 e. The number of likely N-dealkylation sites (tertiary alicyclic amines) is 1. The molecule has 0 aromatic heterocycles. The highest BCUT2D eigenvalue weighted by atomic mass is 35.5. The first kappa shape index (κ1) is 16.7. The fourth-order valence-corrected chi connectivity index (χ4v) is 2.67. The first-order valence-electron chi connectivity index (χ1n) is 5.59. The van der Waals surface area contributed by atoms with Crippen LogP contribution in [0, 0.1) is 0 Å². The fraction of sp³-hybridized carbons (Fsp3) is 0.900. The van der Waals surface area contributed by atoms with Crippen LogP contribution < -0.4 is 5.73 Å². The van der Waals surface area contributed by atoms with E-state index in [0.29, 0.717) is 13.1 Å². The van der Waals surface area contributed by atoms with E-state index in [4.69, 9.17) is 5.73 Å². The van der Waals surface area contributed by atoms with Crippen LogP contribution in [0.4, 0.5) is 0 Å². The Kier molecular flexibility index (Phi) is 6.43. The summed E-state index contributed by atoms with van der Waals surface area (Å²) in [6, 6.07) is 0.0230. The predicted octanol–water partition coefficient (Wildman–Crippen LogP) is 0.181. The Morgan fingerprint density at radius 2 is 2.06 bits per heavy atom. The second-order valence-corrected chi connectivity index (χ2v) is 7.03. The summed E-state index contributed by atoms with van der Waals surface area (Å²) < 4.78 is 23.2. The molecule has 7 heteroatoms. The zero-order chi connectivity index (χ0) is 12.3. The van der Waals surface area contributed by atoms with E-state index in [9.17, 15) is 13.2 Å². The molecule has 1 heterocycles. The van der Waals surface area contributed by atoms with Crippen molar-refractivity contribution in [3.05, 3.63) is 0 Å². The van der Waals surface area contributed by atoms with Gasteiger partial charge in [0.1, 0.15) is 5.75 Å². The van der Waals surface area contributed by atoms with Gasteiger partial charge in [0.25, 0.3) is 0 Å². The van der Waals surface area contributed by atoms with Crippen LogP contribution >= 0.6 is 12.4 Å². The topological polar surface area (TPSA) is 80.5 Å². The fourth-order valence-electron chi connectivity index (χ4n) is 1.83. The van der Waals surface area contributed by atoms with Crippen LogP contribution in [0.25, 0.3) is 0 Å². The lowest BCUT2D eigenvalue weighted by molar-refractivity contribution is -0.129. The third-order valence-electron chi connectivity index (χ3n) is 3.01. The number of nitrogens with two attached hydrogens (primary N) is 1. The molecule has 5 nitrogen and oxygen atoms in total. The molecule has 0 aliphatic carbocycles. The summed E-state index contributed by atoms with van der Waals surface area (Å²) in [4.78, 5) is 13.4. The molecule has 2 N–H and O–H groups in total. The van der Waals surface area contributed by atoms with E-state index in [-0.39, 0.29) is 30.1 Å². The molecule has 1 aliphatic rings. The molecular weight excluding hydrogens is 264 g/mol. The summed E-state index contributed by atoms with van der Waals surface area (Å²) in [7, 11) is -3.30. The van der Waals surface area contributed by atoms with E-state index in [0.717, 1.165) is 12.8 Å². The first-order valence-corrected chi connectivity index (χ1v) is 7.31. The normalized spacial score (nSPS) is 20.5. The van der Waals surface area contributed by atoms with Gasteiger partial charge in [-0.2, -0.15) is 0 Å². The molecule has 1 aliphatic heterocycles. The van der Waals surface area contributed by atoms with Gasteiger partial charge in [0.05, 0.1) is 5.25 Å². The zero-order valence-corrected chi connectivity index (χ0v) is 11.9. The molecule has 1 rings (SSSR count). The number of sulfone groups is 1. The second kappa shape index (κ2) is 6.56. The molecule has 0 aromatic rings. The van der Waals surface area contributed by atoms with E-state index >= 15 is 0 Å². The molecule has 1 atom stereocenters. The zero-order valence-electron chi connectivity index (χ0n) is 10.3. The molecule has 0 saturated carbocycles. The average Bonchev–Trinajstić information content (AvgIpc) is 2.64.